The minimum Gasteiger partial charge on any atom is -0.481 e. The van der Waals surface area contributed by atoms with Crippen LogP contribution in [0.4, 0.5) is 0 Å². The first-order chi connectivity index (χ1) is 12.4. The Morgan fingerprint density at radius 1 is 0.615 bits per heavy atom. The van der Waals surface area contributed by atoms with Gasteiger partial charge in [-0.1, -0.05) is 44.9 Å². The van der Waals surface area contributed by atoms with E-state index in [1.54, 1.807) is 12.1 Å². The summed E-state index contributed by atoms with van der Waals surface area (Å²) in [5.41, 5.74) is 0.784. The molecule has 0 aliphatic heterocycles. The van der Waals surface area contributed by atoms with Crippen LogP contribution in [0.5, 0.6) is 0 Å². The molecule has 1 aromatic carbocycles. The van der Waals surface area contributed by atoms with Gasteiger partial charge in [0, 0.05) is 6.42 Å². The first-order valence-electron chi connectivity index (χ1n) is 9.22. The number of hydrogen-bond acceptors (Lipinski definition) is 3. The van der Waals surface area contributed by atoms with Crippen LogP contribution in [-0.4, -0.2) is 33.2 Å². The summed E-state index contributed by atoms with van der Waals surface area (Å²) in [4.78, 5) is 32.5. The minimum absolute atomic E-state index is 0.0165. The summed E-state index contributed by atoms with van der Waals surface area (Å²) in [5.74, 6) is -2.95. The van der Waals surface area contributed by atoms with Gasteiger partial charge in [-0.15, -0.1) is 0 Å². The van der Waals surface area contributed by atoms with Crippen LogP contribution in [-0.2, 0) is 11.2 Å². The van der Waals surface area contributed by atoms with Gasteiger partial charge in [-0.3, -0.25) is 4.79 Å². The SMILES string of the molecule is O=C(O)CCCCCCCCCCCc1cc(C(=O)O)cc(C(=O)O)c1. The molecular formula is C20H28O6. The summed E-state index contributed by atoms with van der Waals surface area (Å²) >= 11 is 0. The maximum absolute atomic E-state index is 11.1. The van der Waals surface area contributed by atoms with E-state index in [9.17, 15) is 14.4 Å². The maximum Gasteiger partial charge on any atom is 0.335 e. The van der Waals surface area contributed by atoms with Gasteiger partial charge in [0.2, 0.25) is 0 Å². The zero-order chi connectivity index (χ0) is 19.4. The average Bonchev–Trinajstić information content (AvgIpc) is 2.59. The van der Waals surface area contributed by atoms with Gasteiger partial charge in [-0.25, -0.2) is 9.59 Å². The molecule has 0 aliphatic carbocycles. The van der Waals surface area contributed by atoms with E-state index in [1.807, 2.05) is 0 Å². The van der Waals surface area contributed by atoms with Crippen molar-refractivity contribution in [3.05, 3.63) is 34.9 Å². The molecule has 0 aromatic heterocycles. The van der Waals surface area contributed by atoms with Gasteiger partial charge in [0.1, 0.15) is 0 Å². The van der Waals surface area contributed by atoms with Gasteiger partial charge >= 0.3 is 17.9 Å². The first-order valence-corrected chi connectivity index (χ1v) is 9.22. The molecule has 0 heterocycles. The van der Waals surface area contributed by atoms with E-state index in [2.05, 4.69) is 0 Å². The van der Waals surface area contributed by atoms with Gasteiger partial charge in [0.05, 0.1) is 11.1 Å². The molecule has 0 bridgehead atoms. The summed E-state index contributed by atoms with van der Waals surface area (Å²) in [6, 6.07) is 4.28. The summed E-state index contributed by atoms with van der Waals surface area (Å²) in [6.45, 7) is 0. The topological polar surface area (TPSA) is 112 Å². The third-order valence-electron chi connectivity index (χ3n) is 4.34. The smallest absolute Gasteiger partial charge is 0.335 e. The molecule has 3 N–H and O–H groups in total. The Balaban J connectivity index is 2.19. The van der Waals surface area contributed by atoms with Crippen molar-refractivity contribution in [1.29, 1.82) is 0 Å². The highest BCUT2D eigenvalue weighted by molar-refractivity contribution is 5.94. The van der Waals surface area contributed by atoms with E-state index in [-0.39, 0.29) is 17.5 Å². The molecule has 0 spiro atoms. The van der Waals surface area contributed by atoms with E-state index in [0.717, 1.165) is 63.4 Å². The largest absolute Gasteiger partial charge is 0.481 e. The number of aliphatic carboxylic acids is 1. The Hall–Kier alpha value is -2.37. The number of rotatable bonds is 14. The van der Waals surface area contributed by atoms with E-state index < -0.39 is 17.9 Å². The van der Waals surface area contributed by atoms with Crippen molar-refractivity contribution in [2.75, 3.05) is 0 Å². The zero-order valence-corrected chi connectivity index (χ0v) is 15.1. The number of aryl methyl sites for hydroxylation is 1. The number of benzene rings is 1. The van der Waals surface area contributed by atoms with Gasteiger partial charge in [-0.05, 0) is 43.0 Å². The van der Waals surface area contributed by atoms with Crippen LogP contribution < -0.4 is 0 Å². The molecule has 0 atom stereocenters. The monoisotopic (exact) mass is 364 g/mol. The highest BCUT2D eigenvalue weighted by Gasteiger charge is 2.11. The predicted molar refractivity (Wildman–Crippen MR) is 97.9 cm³/mol. The lowest BCUT2D eigenvalue weighted by Crippen LogP contribution is -2.04. The Bertz CT molecular complexity index is 576. The number of hydrogen-bond donors (Lipinski definition) is 3. The van der Waals surface area contributed by atoms with Crippen LogP contribution in [0.15, 0.2) is 18.2 Å². The quantitative estimate of drug-likeness (QED) is 0.416. The van der Waals surface area contributed by atoms with E-state index in [0.29, 0.717) is 6.42 Å². The average molecular weight is 364 g/mol. The molecule has 0 unspecified atom stereocenters. The normalized spacial score (nSPS) is 10.6. The Morgan fingerprint density at radius 2 is 1.04 bits per heavy atom. The molecule has 1 aromatic rings. The van der Waals surface area contributed by atoms with Crippen molar-refractivity contribution >= 4 is 17.9 Å². The van der Waals surface area contributed by atoms with Crippen molar-refractivity contribution < 1.29 is 29.7 Å². The summed E-state index contributed by atoms with van der Waals surface area (Å²) in [5, 5.41) is 26.7. The third kappa shape index (κ3) is 9.20. The summed E-state index contributed by atoms with van der Waals surface area (Å²) < 4.78 is 0. The second-order valence-electron chi connectivity index (χ2n) is 6.60. The Labute approximate surface area is 153 Å². The molecule has 6 heteroatoms. The number of carboxylic acids is 3. The molecule has 0 radical (unpaired) electrons. The molecule has 0 aliphatic rings. The highest BCUT2D eigenvalue weighted by Crippen LogP contribution is 2.16. The van der Waals surface area contributed by atoms with Crippen LogP contribution in [0.1, 0.15) is 90.5 Å². The van der Waals surface area contributed by atoms with E-state index >= 15 is 0 Å². The number of aromatic carboxylic acids is 2. The number of carboxylic acid groups (broad SMARTS) is 3. The fourth-order valence-electron chi connectivity index (χ4n) is 2.93. The second kappa shape index (κ2) is 12.1. The Kier molecular flexibility index (Phi) is 10.1. The molecular weight excluding hydrogens is 336 g/mol. The highest BCUT2D eigenvalue weighted by atomic mass is 16.4. The van der Waals surface area contributed by atoms with Crippen molar-refractivity contribution in [3.63, 3.8) is 0 Å². The van der Waals surface area contributed by atoms with Gasteiger partial charge in [0.25, 0.3) is 0 Å². The fraction of sp³-hybridized carbons (Fsp3) is 0.550. The maximum atomic E-state index is 11.1. The van der Waals surface area contributed by atoms with Crippen LogP contribution >= 0.6 is 0 Å². The van der Waals surface area contributed by atoms with Crippen molar-refractivity contribution in [3.8, 4) is 0 Å². The first kappa shape index (κ1) is 21.7. The van der Waals surface area contributed by atoms with E-state index in [4.69, 9.17) is 15.3 Å². The molecule has 1 rings (SSSR count). The summed E-state index contributed by atoms with van der Waals surface area (Å²) in [7, 11) is 0. The lowest BCUT2D eigenvalue weighted by molar-refractivity contribution is -0.137. The standard InChI is InChI=1S/C20H28O6/c21-18(22)11-9-7-5-3-1-2-4-6-8-10-15-12-16(19(23)24)14-17(13-15)20(25)26/h12-14H,1-11H2,(H,21,22)(H,23,24)(H,25,26). The number of unbranched alkanes of at least 4 members (excludes halogenated alkanes) is 8. The molecule has 0 amide bonds. The van der Waals surface area contributed by atoms with Crippen LogP contribution in [0.25, 0.3) is 0 Å². The summed E-state index contributed by atoms with van der Waals surface area (Å²) in [6.07, 6.45) is 10.2. The molecule has 0 saturated carbocycles. The second-order valence-corrected chi connectivity index (χ2v) is 6.60. The molecule has 26 heavy (non-hydrogen) atoms. The molecule has 6 nitrogen and oxygen atoms in total. The third-order valence-corrected chi connectivity index (χ3v) is 4.34. The molecule has 0 saturated heterocycles. The number of carbonyl (C=O) groups is 3. The van der Waals surface area contributed by atoms with Crippen molar-refractivity contribution in [2.24, 2.45) is 0 Å². The van der Waals surface area contributed by atoms with Gasteiger partial charge < -0.3 is 15.3 Å². The molecule has 0 fully saturated rings. The van der Waals surface area contributed by atoms with Gasteiger partial charge in [0.15, 0.2) is 0 Å². The van der Waals surface area contributed by atoms with Crippen molar-refractivity contribution in [1.82, 2.24) is 0 Å². The lowest BCUT2D eigenvalue weighted by Gasteiger charge is -2.06. The van der Waals surface area contributed by atoms with Crippen LogP contribution in [0, 0.1) is 0 Å². The molecule has 144 valence electrons. The van der Waals surface area contributed by atoms with Gasteiger partial charge in [-0.2, -0.15) is 0 Å². The minimum atomic E-state index is -1.11. The van der Waals surface area contributed by atoms with Crippen LogP contribution in [0.2, 0.25) is 0 Å². The van der Waals surface area contributed by atoms with Crippen LogP contribution in [0.3, 0.4) is 0 Å². The fourth-order valence-corrected chi connectivity index (χ4v) is 2.93. The Morgan fingerprint density at radius 3 is 1.46 bits per heavy atom. The zero-order valence-electron chi connectivity index (χ0n) is 15.1. The lowest BCUT2D eigenvalue weighted by atomic mass is 10.00. The van der Waals surface area contributed by atoms with E-state index in [1.165, 1.54) is 6.07 Å². The predicted octanol–water partition coefficient (Wildman–Crippen LogP) is 4.61. The van der Waals surface area contributed by atoms with Crippen molar-refractivity contribution in [2.45, 2.75) is 70.6 Å².